The van der Waals surface area contributed by atoms with Gasteiger partial charge in [-0.2, -0.15) is 0 Å². The van der Waals surface area contributed by atoms with Gasteiger partial charge in [-0.15, -0.1) is 0 Å². The molecule has 1 aliphatic heterocycles. The van der Waals surface area contributed by atoms with Gasteiger partial charge in [-0.05, 0) is 66.4 Å². The summed E-state index contributed by atoms with van der Waals surface area (Å²) in [4.78, 5) is 25.5. The number of rotatable bonds is 9. The molecule has 0 aliphatic carbocycles. The number of benzene rings is 3. The first-order valence-corrected chi connectivity index (χ1v) is 12.3. The molecule has 1 atom stereocenters. The number of nitrogens with zero attached hydrogens (tertiary/aromatic N) is 1. The van der Waals surface area contributed by atoms with Gasteiger partial charge >= 0.3 is 0 Å². The summed E-state index contributed by atoms with van der Waals surface area (Å²) in [5.41, 5.74) is 5.15. The smallest absolute Gasteiger partial charge is 0.282 e. The zero-order valence-electron chi connectivity index (χ0n) is 19.7. The fraction of sp³-hybridized carbons (Fsp3) is 0.214. The lowest BCUT2D eigenvalue weighted by atomic mass is 9.99. The molecule has 0 spiro atoms. The number of halogens is 1. The van der Waals surface area contributed by atoms with Crippen LogP contribution in [0, 0.1) is 0 Å². The molecule has 0 aromatic heterocycles. The molecular formula is C28H27BrN2O4. The molecule has 1 saturated heterocycles. The maximum atomic E-state index is 12.9. The van der Waals surface area contributed by atoms with Crippen molar-refractivity contribution >= 4 is 39.5 Å². The van der Waals surface area contributed by atoms with Gasteiger partial charge in [-0.1, -0.05) is 60.1 Å². The monoisotopic (exact) mass is 534 g/mol. The molecule has 35 heavy (non-hydrogen) atoms. The molecule has 1 unspecified atom stereocenters. The Morgan fingerprint density at radius 1 is 0.971 bits per heavy atom. The maximum absolute atomic E-state index is 12.9. The first kappa shape index (κ1) is 24.5. The Labute approximate surface area is 213 Å². The van der Waals surface area contributed by atoms with E-state index in [-0.39, 0.29) is 5.57 Å². The van der Waals surface area contributed by atoms with Crippen molar-refractivity contribution < 1.29 is 19.1 Å². The summed E-state index contributed by atoms with van der Waals surface area (Å²) in [6.45, 7) is 5.04. The van der Waals surface area contributed by atoms with Crippen LogP contribution in [-0.2, 0) is 9.59 Å². The topological polar surface area (TPSA) is 67.9 Å². The molecule has 3 aromatic carbocycles. The van der Waals surface area contributed by atoms with Gasteiger partial charge in [0.25, 0.3) is 11.8 Å². The summed E-state index contributed by atoms with van der Waals surface area (Å²) in [6, 6.07) is 22.5. The first-order chi connectivity index (χ1) is 17.0. The Balaban J connectivity index is 1.42. The summed E-state index contributed by atoms with van der Waals surface area (Å²) in [5, 5.41) is 1.24. The van der Waals surface area contributed by atoms with Gasteiger partial charge in [0.15, 0.2) is 0 Å². The van der Waals surface area contributed by atoms with Crippen LogP contribution < -0.4 is 19.9 Å². The molecular weight excluding hydrogens is 508 g/mol. The second kappa shape index (κ2) is 11.2. The normalized spacial score (nSPS) is 15.3. The number of para-hydroxylation sites is 1. The third-order valence-corrected chi connectivity index (χ3v) is 6.34. The van der Waals surface area contributed by atoms with Gasteiger partial charge in [0.1, 0.15) is 30.3 Å². The van der Waals surface area contributed by atoms with Crippen molar-refractivity contribution in [3.8, 4) is 11.5 Å². The average Bonchev–Trinajstić information content (AvgIpc) is 3.16. The third kappa shape index (κ3) is 5.92. The van der Waals surface area contributed by atoms with E-state index in [2.05, 4.69) is 47.3 Å². The van der Waals surface area contributed by atoms with Crippen molar-refractivity contribution in [3.63, 3.8) is 0 Å². The summed E-state index contributed by atoms with van der Waals surface area (Å²) in [5.74, 6) is 0.972. The number of anilines is 1. The van der Waals surface area contributed by atoms with Crippen LogP contribution in [0.3, 0.4) is 0 Å². The van der Waals surface area contributed by atoms with Crippen LogP contribution in [0.5, 0.6) is 11.5 Å². The van der Waals surface area contributed by atoms with Crippen molar-refractivity contribution in [1.82, 2.24) is 5.43 Å². The van der Waals surface area contributed by atoms with Crippen LogP contribution in [0.1, 0.15) is 37.3 Å². The summed E-state index contributed by atoms with van der Waals surface area (Å²) < 4.78 is 12.6. The van der Waals surface area contributed by atoms with Gasteiger partial charge in [0.05, 0.1) is 5.69 Å². The van der Waals surface area contributed by atoms with E-state index >= 15 is 0 Å². The van der Waals surface area contributed by atoms with Crippen molar-refractivity contribution in [2.75, 3.05) is 18.2 Å². The lowest BCUT2D eigenvalue weighted by Gasteiger charge is -2.14. The fourth-order valence-corrected chi connectivity index (χ4v) is 4.05. The molecule has 4 rings (SSSR count). The van der Waals surface area contributed by atoms with Crippen LogP contribution in [-0.4, -0.2) is 25.0 Å². The predicted molar refractivity (Wildman–Crippen MR) is 140 cm³/mol. The quantitative estimate of drug-likeness (QED) is 0.211. The Morgan fingerprint density at radius 3 is 2.40 bits per heavy atom. The first-order valence-electron chi connectivity index (χ1n) is 11.5. The molecule has 1 aliphatic rings. The number of hydrogen-bond acceptors (Lipinski definition) is 4. The number of hydrogen-bond donors (Lipinski definition) is 1. The Bertz CT molecular complexity index is 1230. The zero-order valence-corrected chi connectivity index (χ0v) is 21.2. The van der Waals surface area contributed by atoms with Gasteiger partial charge in [0.2, 0.25) is 0 Å². The fourth-order valence-electron chi connectivity index (χ4n) is 3.67. The van der Waals surface area contributed by atoms with E-state index in [1.165, 1.54) is 10.6 Å². The van der Waals surface area contributed by atoms with Crippen molar-refractivity contribution in [1.29, 1.82) is 0 Å². The number of amides is 2. The second-order valence-corrected chi connectivity index (χ2v) is 9.15. The standard InChI is InChI=1S/C28H27BrN2O4/c1-3-19(2)20-9-12-24(13-10-20)34-15-16-35-26-14-11-22(29)17-21(26)18-25-27(32)30-31(28(25)33)23-7-5-4-6-8-23/h4-14,17-19H,3,15-16H2,1-2H3,(H,30,32). The molecule has 180 valence electrons. The SMILES string of the molecule is CCC(C)c1ccc(OCCOc2ccc(Br)cc2C=C2C(=O)NN(c3ccccc3)C2=O)cc1. The molecule has 1 N–H and O–H groups in total. The Kier molecular flexibility index (Phi) is 7.87. The van der Waals surface area contributed by atoms with Crippen molar-refractivity contribution in [2.45, 2.75) is 26.2 Å². The summed E-state index contributed by atoms with van der Waals surface area (Å²) in [7, 11) is 0. The van der Waals surface area contributed by atoms with E-state index in [0.717, 1.165) is 16.6 Å². The summed E-state index contributed by atoms with van der Waals surface area (Å²) in [6.07, 6.45) is 2.65. The highest BCUT2D eigenvalue weighted by Crippen LogP contribution is 2.28. The molecule has 6 nitrogen and oxygen atoms in total. The van der Waals surface area contributed by atoms with Crippen LogP contribution in [0.4, 0.5) is 5.69 Å². The highest BCUT2D eigenvalue weighted by Gasteiger charge is 2.34. The largest absolute Gasteiger partial charge is 0.490 e. The van der Waals surface area contributed by atoms with Crippen LogP contribution in [0.15, 0.2) is 82.8 Å². The minimum Gasteiger partial charge on any atom is -0.490 e. The minimum atomic E-state index is -0.464. The van der Waals surface area contributed by atoms with Gasteiger partial charge in [-0.3, -0.25) is 15.0 Å². The van der Waals surface area contributed by atoms with Gasteiger partial charge in [-0.25, -0.2) is 5.01 Å². The van der Waals surface area contributed by atoms with E-state index in [0.29, 0.717) is 36.1 Å². The zero-order chi connectivity index (χ0) is 24.8. The van der Waals surface area contributed by atoms with E-state index in [1.807, 2.05) is 30.3 Å². The molecule has 0 radical (unpaired) electrons. The number of nitrogens with one attached hydrogen (secondary N) is 1. The maximum Gasteiger partial charge on any atom is 0.282 e. The van der Waals surface area contributed by atoms with E-state index in [4.69, 9.17) is 9.47 Å². The van der Waals surface area contributed by atoms with Crippen LogP contribution in [0.25, 0.3) is 6.08 Å². The third-order valence-electron chi connectivity index (χ3n) is 5.85. The van der Waals surface area contributed by atoms with E-state index in [1.54, 1.807) is 36.4 Å². The molecule has 3 aromatic rings. The molecule has 7 heteroatoms. The minimum absolute atomic E-state index is 0.0365. The lowest BCUT2D eigenvalue weighted by Crippen LogP contribution is -2.35. The number of carbonyl (C=O) groups is 2. The summed E-state index contributed by atoms with van der Waals surface area (Å²) >= 11 is 3.45. The number of hydrazine groups is 1. The van der Waals surface area contributed by atoms with Gasteiger partial charge < -0.3 is 9.47 Å². The molecule has 2 amide bonds. The molecule has 1 heterocycles. The van der Waals surface area contributed by atoms with Gasteiger partial charge in [0, 0.05) is 10.0 Å². The van der Waals surface area contributed by atoms with Crippen molar-refractivity contribution in [3.05, 3.63) is 94.0 Å². The predicted octanol–water partition coefficient (Wildman–Crippen LogP) is 5.88. The molecule has 0 saturated carbocycles. The Hall–Kier alpha value is -3.58. The van der Waals surface area contributed by atoms with Crippen molar-refractivity contribution in [2.24, 2.45) is 0 Å². The highest BCUT2D eigenvalue weighted by atomic mass is 79.9. The second-order valence-electron chi connectivity index (χ2n) is 8.23. The number of ether oxygens (including phenoxy) is 2. The molecule has 1 fully saturated rings. The highest BCUT2D eigenvalue weighted by molar-refractivity contribution is 9.10. The lowest BCUT2D eigenvalue weighted by molar-refractivity contribution is -0.117. The van der Waals surface area contributed by atoms with Crippen LogP contribution in [0.2, 0.25) is 0 Å². The van der Waals surface area contributed by atoms with E-state index < -0.39 is 11.8 Å². The number of carbonyl (C=O) groups excluding carboxylic acids is 2. The Morgan fingerprint density at radius 2 is 1.69 bits per heavy atom. The van der Waals surface area contributed by atoms with Crippen LogP contribution >= 0.6 is 15.9 Å². The molecule has 0 bridgehead atoms. The average molecular weight is 535 g/mol. The van der Waals surface area contributed by atoms with E-state index in [9.17, 15) is 9.59 Å².